The van der Waals surface area contributed by atoms with Gasteiger partial charge in [0, 0.05) is 0 Å². The third-order valence-corrected chi connectivity index (χ3v) is 7.60. The second kappa shape index (κ2) is 18.1. The molecule has 0 saturated heterocycles. The average molecular weight is 503 g/mol. The molecule has 0 fully saturated rings. The Labute approximate surface area is 229 Å². The van der Waals surface area contributed by atoms with E-state index in [0.29, 0.717) is 23.7 Å². The van der Waals surface area contributed by atoms with Crippen LogP contribution in [0.2, 0.25) is 0 Å². The van der Waals surface area contributed by atoms with Crippen molar-refractivity contribution in [1.29, 1.82) is 0 Å². The molecule has 4 atom stereocenters. The topological polar surface area (TPSA) is 9.23 Å². The van der Waals surface area contributed by atoms with Gasteiger partial charge < -0.3 is 4.74 Å². The zero-order valence-corrected chi connectivity index (χ0v) is 24.7. The van der Waals surface area contributed by atoms with Crippen LogP contribution in [0.1, 0.15) is 129 Å². The molecule has 0 aliphatic rings. The number of hydrogen-bond acceptors (Lipinski definition) is 1. The normalized spacial score (nSPS) is 15.2. The van der Waals surface area contributed by atoms with Crippen LogP contribution < -0.4 is 4.74 Å². The Balaban J connectivity index is 2.39. The Kier molecular flexibility index (Phi) is 15.1. The first kappa shape index (κ1) is 30.9. The highest BCUT2D eigenvalue weighted by molar-refractivity contribution is 5.44. The van der Waals surface area contributed by atoms with Crippen LogP contribution in [-0.2, 0) is 0 Å². The van der Waals surface area contributed by atoms with Crippen molar-refractivity contribution in [3.8, 4) is 11.5 Å². The Morgan fingerprint density at radius 1 is 0.622 bits per heavy atom. The second-order valence-corrected chi connectivity index (χ2v) is 11.0. The van der Waals surface area contributed by atoms with Gasteiger partial charge in [-0.25, -0.2) is 0 Å². The molecule has 1 nitrogen and oxygen atoms in total. The zero-order chi connectivity index (χ0) is 26.9. The standard InChI is InChI=1S/C36H54O/c1-7-11-13-21-31(27-29(5)19-9-3)33-23-15-17-25-35(33)37-36-26-18-16-24-34(36)32(22-14-12-8-2)28-30(6)20-10-4/h9-10,15-20,23-26,29-32H,7-8,11-14,21-22,27-28H2,1-6H3. The number of ether oxygens (including phenoxy) is 1. The molecule has 0 aliphatic heterocycles. The number of rotatable bonds is 18. The van der Waals surface area contributed by atoms with Gasteiger partial charge in [-0.1, -0.05) is 127 Å². The molecular weight excluding hydrogens is 448 g/mol. The average Bonchev–Trinajstić information content (AvgIpc) is 2.89. The van der Waals surface area contributed by atoms with Crippen LogP contribution in [0.15, 0.2) is 72.8 Å². The highest BCUT2D eigenvalue weighted by Gasteiger charge is 2.22. The summed E-state index contributed by atoms with van der Waals surface area (Å²) in [6.45, 7) is 13.5. The van der Waals surface area contributed by atoms with Crippen molar-refractivity contribution in [1.82, 2.24) is 0 Å². The van der Waals surface area contributed by atoms with Gasteiger partial charge in [0.05, 0.1) is 0 Å². The molecular formula is C36H54O. The number of hydrogen-bond donors (Lipinski definition) is 0. The largest absolute Gasteiger partial charge is 0.457 e. The van der Waals surface area contributed by atoms with E-state index in [2.05, 4.69) is 114 Å². The minimum absolute atomic E-state index is 0.510. The van der Waals surface area contributed by atoms with Crippen LogP contribution in [0.3, 0.4) is 0 Å². The number of unbranched alkanes of at least 4 members (excludes halogenated alkanes) is 4. The summed E-state index contributed by atoms with van der Waals surface area (Å²) in [5.41, 5.74) is 2.74. The zero-order valence-electron chi connectivity index (χ0n) is 24.7. The summed E-state index contributed by atoms with van der Waals surface area (Å²) in [6.07, 6.45) is 21.5. The summed E-state index contributed by atoms with van der Waals surface area (Å²) in [5, 5.41) is 0. The summed E-state index contributed by atoms with van der Waals surface area (Å²) in [7, 11) is 0. The van der Waals surface area contributed by atoms with Crippen molar-refractivity contribution in [2.75, 3.05) is 0 Å². The van der Waals surface area contributed by atoms with Gasteiger partial charge in [-0.2, -0.15) is 0 Å². The molecule has 0 N–H and O–H groups in total. The van der Waals surface area contributed by atoms with Crippen molar-refractivity contribution in [3.63, 3.8) is 0 Å². The minimum Gasteiger partial charge on any atom is -0.457 e. The molecule has 1 heteroatoms. The van der Waals surface area contributed by atoms with Gasteiger partial charge in [0.1, 0.15) is 11.5 Å². The monoisotopic (exact) mass is 502 g/mol. The lowest BCUT2D eigenvalue weighted by atomic mass is 9.84. The fourth-order valence-corrected chi connectivity index (χ4v) is 5.73. The molecule has 2 rings (SSSR count). The Bertz CT molecular complexity index is 848. The number of allylic oxidation sites excluding steroid dienone is 4. The Morgan fingerprint density at radius 2 is 1.03 bits per heavy atom. The number of para-hydroxylation sites is 2. The van der Waals surface area contributed by atoms with E-state index in [1.807, 2.05) is 0 Å². The van der Waals surface area contributed by atoms with E-state index in [9.17, 15) is 0 Å². The SMILES string of the molecule is CC=CC(C)CC(CCCCC)c1ccccc1Oc1ccccc1C(CCCCC)CC(C)C=CC. The highest BCUT2D eigenvalue weighted by Crippen LogP contribution is 2.41. The predicted octanol–water partition coefficient (Wildman–Crippen LogP) is 12.0. The first-order chi connectivity index (χ1) is 18.0. The maximum atomic E-state index is 6.86. The van der Waals surface area contributed by atoms with Crippen molar-refractivity contribution < 1.29 is 4.74 Å². The first-order valence-electron chi connectivity index (χ1n) is 15.1. The summed E-state index contributed by atoms with van der Waals surface area (Å²) >= 11 is 0. The fourth-order valence-electron chi connectivity index (χ4n) is 5.73. The summed E-state index contributed by atoms with van der Waals surface area (Å²) in [5.74, 6) is 4.23. The third kappa shape index (κ3) is 10.9. The molecule has 0 heterocycles. The molecule has 0 aliphatic carbocycles. The van der Waals surface area contributed by atoms with Crippen molar-refractivity contribution in [3.05, 3.63) is 84.0 Å². The van der Waals surface area contributed by atoms with E-state index >= 15 is 0 Å². The van der Waals surface area contributed by atoms with E-state index < -0.39 is 0 Å². The van der Waals surface area contributed by atoms with E-state index in [1.165, 1.54) is 62.5 Å². The van der Waals surface area contributed by atoms with Gasteiger partial charge in [0.25, 0.3) is 0 Å². The van der Waals surface area contributed by atoms with Crippen LogP contribution >= 0.6 is 0 Å². The molecule has 4 unspecified atom stereocenters. The van der Waals surface area contributed by atoms with Gasteiger partial charge in [0.15, 0.2) is 0 Å². The van der Waals surface area contributed by atoms with Crippen molar-refractivity contribution in [2.24, 2.45) is 11.8 Å². The van der Waals surface area contributed by atoms with Gasteiger partial charge in [-0.3, -0.25) is 0 Å². The van der Waals surface area contributed by atoms with Gasteiger partial charge in [0.2, 0.25) is 0 Å². The quantitative estimate of drug-likeness (QED) is 0.145. The van der Waals surface area contributed by atoms with Gasteiger partial charge in [-0.15, -0.1) is 0 Å². The van der Waals surface area contributed by atoms with Crippen LogP contribution in [0.4, 0.5) is 0 Å². The Morgan fingerprint density at radius 3 is 1.41 bits per heavy atom. The van der Waals surface area contributed by atoms with Crippen molar-refractivity contribution >= 4 is 0 Å². The molecule has 0 amide bonds. The van der Waals surface area contributed by atoms with Crippen molar-refractivity contribution in [2.45, 2.75) is 118 Å². The molecule has 2 aromatic rings. The summed E-state index contributed by atoms with van der Waals surface area (Å²) in [4.78, 5) is 0. The second-order valence-electron chi connectivity index (χ2n) is 11.0. The smallest absolute Gasteiger partial charge is 0.130 e. The summed E-state index contributed by atoms with van der Waals surface area (Å²) < 4.78 is 6.86. The van der Waals surface area contributed by atoms with Gasteiger partial charge in [-0.05, 0) is 86.5 Å². The van der Waals surface area contributed by atoms with Crippen LogP contribution in [0.5, 0.6) is 11.5 Å². The van der Waals surface area contributed by atoms with E-state index in [1.54, 1.807) is 0 Å². The predicted molar refractivity (Wildman–Crippen MR) is 164 cm³/mol. The van der Waals surface area contributed by atoms with E-state index in [-0.39, 0.29) is 0 Å². The van der Waals surface area contributed by atoms with Crippen LogP contribution in [0.25, 0.3) is 0 Å². The maximum Gasteiger partial charge on any atom is 0.130 e. The van der Waals surface area contributed by atoms with Crippen LogP contribution in [0, 0.1) is 11.8 Å². The molecule has 0 saturated carbocycles. The molecule has 0 bridgehead atoms. The molecule has 0 aromatic heterocycles. The molecule has 0 radical (unpaired) electrons. The van der Waals surface area contributed by atoms with E-state index in [4.69, 9.17) is 4.74 Å². The number of benzene rings is 2. The fraction of sp³-hybridized carbons (Fsp3) is 0.556. The lowest BCUT2D eigenvalue weighted by Crippen LogP contribution is -2.08. The Hall–Kier alpha value is -2.28. The molecule has 37 heavy (non-hydrogen) atoms. The maximum absolute atomic E-state index is 6.86. The summed E-state index contributed by atoms with van der Waals surface area (Å²) in [6, 6.07) is 17.6. The van der Waals surface area contributed by atoms with Crippen LogP contribution in [-0.4, -0.2) is 0 Å². The minimum atomic E-state index is 0.510. The lowest BCUT2D eigenvalue weighted by Gasteiger charge is -2.25. The van der Waals surface area contributed by atoms with Gasteiger partial charge >= 0.3 is 0 Å². The first-order valence-corrected chi connectivity index (χ1v) is 15.1. The molecule has 0 spiro atoms. The molecule has 204 valence electrons. The van der Waals surface area contributed by atoms with E-state index in [0.717, 1.165) is 24.3 Å². The third-order valence-electron chi connectivity index (χ3n) is 7.60. The lowest BCUT2D eigenvalue weighted by molar-refractivity contribution is 0.423. The highest BCUT2D eigenvalue weighted by atomic mass is 16.5. The molecule has 2 aromatic carbocycles.